The molecule has 0 aromatic rings. The largest absolute Gasteiger partial charge is 0.376 e. The Bertz CT molecular complexity index is 183. The van der Waals surface area contributed by atoms with E-state index in [4.69, 9.17) is 4.74 Å². The highest BCUT2D eigenvalue weighted by molar-refractivity contribution is 6.85. The molecule has 1 radical (unpaired) electrons. The fraction of sp³-hybridized carbons (Fsp3) is 0.929. The van der Waals surface area contributed by atoms with Crippen molar-refractivity contribution >= 4 is 8.07 Å². The van der Waals surface area contributed by atoms with Crippen molar-refractivity contribution < 1.29 is 4.74 Å². The smallest absolute Gasteiger partial charge is 0.0841 e. The average molecular weight is 241 g/mol. The van der Waals surface area contributed by atoms with Gasteiger partial charge in [-0.1, -0.05) is 58.2 Å². The molecular weight excluding hydrogens is 212 g/mol. The molecule has 95 valence electrons. The minimum atomic E-state index is -1.31. The number of ether oxygens (including phenoxy) is 1. The lowest BCUT2D eigenvalue weighted by Crippen LogP contribution is -2.50. The number of hydrogen-bond acceptors (Lipinski definition) is 1. The van der Waals surface area contributed by atoms with Gasteiger partial charge in [0.15, 0.2) is 0 Å². The summed E-state index contributed by atoms with van der Waals surface area (Å²) in [7, 11) is -1.31. The van der Waals surface area contributed by atoms with E-state index in [0.29, 0.717) is 0 Å². The van der Waals surface area contributed by atoms with Crippen LogP contribution in [0.4, 0.5) is 0 Å². The summed E-state index contributed by atoms with van der Waals surface area (Å²) in [6, 6.07) is 0. The van der Waals surface area contributed by atoms with E-state index >= 15 is 0 Å². The average Bonchev–Trinajstić information content (AvgIpc) is 2.18. The molecule has 0 spiro atoms. The van der Waals surface area contributed by atoms with Gasteiger partial charge in [0.1, 0.15) is 0 Å². The molecule has 0 aromatic carbocycles. The Balaban J connectivity index is 2.99. The van der Waals surface area contributed by atoms with Crippen LogP contribution >= 0.6 is 0 Å². The molecule has 0 aliphatic carbocycles. The Labute approximate surface area is 103 Å². The summed E-state index contributed by atoms with van der Waals surface area (Å²) in [5, 5.41) is 0. The molecule has 16 heavy (non-hydrogen) atoms. The zero-order valence-electron chi connectivity index (χ0n) is 11.9. The van der Waals surface area contributed by atoms with Crippen molar-refractivity contribution in [3.8, 4) is 0 Å². The van der Waals surface area contributed by atoms with E-state index in [1.807, 2.05) is 0 Å². The molecular formula is C14H29OSi. The number of rotatable bonds is 4. The Morgan fingerprint density at radius 2 is 1.50 bits per heavy atom. The predicted octanol–water partition coefficient (Wildman–Crippen LogP) is 5.01. The van der Waals surface area contributed by atoms with Crippen LogP contribution in [0.1, 0.15) is 54.4 Å². The van der Waals surface area contributed by atoms with Crippen molar-refractivity contribution in [1.82, 2.24) is 0 Å². The normalized spacial score (nSPS) is 23.4. The third kappa shape index (κ3) is 2.38. The van der Waals surface area contributed by atoms with Gasteiger partial charge in [-0.05, 0) is 18.4 Å². The molecule has 1 saturated heterocycles. The molecule has 0 bridgehead atoms. The summed E-state index contributed by atoms with van der Waals surface area (Å²) >= 11 is 0. The van der Waals surface area contributed by atoms with E-state index in [9.17, 15) is 0 Å². The molecule has 0 amide bonds. The summed E-state index contributed by atoms with van der Waals surface area (Å²) in [6.07, 6.45) is 2.61. The van der Waals surface area contributed by atoms with Crippen LogP contribution < -0.4 is 0 Å². The van der Waals surface area contributed by atoms with Gasteiger partial charge in [0.05, 0.1) is 14.7 Å². The van der Waals surface area contributed by atoms with Gasteiger partial charge >= 0.3 is 0 Å². The second kappa shape index (κ2) is 5.68. The minimum Gasteiger partial charge on any atom is -0.376 e. The minimum absolute atomic E-state index is 0.765. The van der Waals surface area contributed by atoms with E-state index in [0.717, 1.165) is 28.8 Å². The van der Waals surface area contributed by atoms with Crippen molar-refractivity contribution in [2.75, 3.05) is 6.61 Å². The first-order valence-corrected chi connectivity index (χ1v) is 9.19. The van der Waals surface area contributed by atoms with Gasteiger partial charge < -0.3 is 4.74 Å². The summed E-state index contributed by atoms with van der Waals surface area (Å²) < 4.78 is 5.65. The predicted molar refractivity (Wildman–Crippen MR) is 74.3 cm³/mol. The van der Waals surface area contributed by atoms with Gasteiger partial charge in [0.2, 0.25) is 0 Å². The highest BCUT2D eigenvalue weighted by atomic mass is 28.3. The Morgan fingerprint density at radius 3 is 1.81 bits per heavy atom. The second-order valence-corrected chi connectivity index (χ2v) is 12.4. The van der Waals surface area contributed by atoms with Crippen LogP contribution in [0.15, 0.2) is 0 Å². The Morgan fingerprint density at radius 1 is 1.00 bits per heavy atom. The molecule has 0 aromatic heterocycles. The maximum absolute atomic E-state index is 5.65. The van der Waals surface area contributed by atoms with Gasteiger partial charge in [-0.15, -0.1) is 0 Å². The quantitative estimate of drug-likeness (QED) is 0.629. The molecule has 1 rings (SSSR count). The maximum atomic E-state index is 5.65. The Hall–Kier alpha value is 0.177. The van der Waals surface area contributed by atoms with Crippen LogP contribution in [0.5, 0.6) is 0 Å². The van der Waals surface area contributed by atoms with Gasteiger partial charge in [-0.3, -0.25) is 0 Å². The van der Waals surface area contributed by atoms with Gasteiger partial charge in [-0.25, -0.2) is 0 Å². The molecule has 0 saturated carbocycles. The molecule has 1 aliphatic rings. The van der Waals surface area contributed by atoms with E-state index in [1.54, 1.807) is 0 Å². The highest BCUT2D eigenvalue weighted by Crippen LogP contribution is 2.52. The third-order valence-corrected chi connectivity index (χ3v) is 12.4. The first-order chi connectivity index (χ1) is 7.44. The monoisotopic (exact) mass is 241 g/mol. The SMILES string of the molecule is CC(C)[Si](C(C)C)(C(C)C)C1[CH]OCCC1. The van der Waals surface area contributed by atoms with Crippen molar-refractivity contribution in [1.29, 1.82) is 0 Å². The second-order valence-electron chi connectivity index (χ2n) is 6.22. The summed E-state index contributed by atoms with van der Waals surface area (Å²) in [5.74, 6) is 0. The molecule has 1 atom stereocenters. The van der Waals surface area contributed by atoms with Crippen LogP contribution in [0, 0.1) is 6.61 Å². The van der Waals surface area contributed by atoms with Crippen LogP contribution in [-0.4, -0.2) is 14.7 Å². The lowest BCUT2D eigenvalue weighted by molar-refractivity contribution is 0.152. The lowest BCUT2D eigenvalue weighted by atomic mass is 10.2. The van der Waals surface area contributed by atoms with E-state index in [1.165, 1.54) is 12.8 Å². The zero-order chi connectivity index (χ0) is 12.3. The topological polar surface area (TPSA) is 9.23 Å². The molecule has 1 heterocycles. The van der Waals surface area contributed by atoms with Gasteiger partial charge in [-0.2, -0.15) is 0 Å². The fourth-order valence-corrected chi connectivity index (χ4v) is 11.9. The fourth-order valence-electron chi connectivity index (χ4n) is 4.29. The lowest BCUT2D eigenvalue weighted by Gasteiger charge is -2.49. The standard InChI is InChI=1S/C14H29OSi/c1-11(2)16(12(3)4,13(5)6)14-8-7-9-15-10-14/h10-14H,7-9H2,1-6H3. The summed E-state index contributed by atoms with van der Waals surface area (Å²) in [4.78, 5) is 0. The van der Waals surface area contributed by atoms with Crippen molar-refractivity contribution in [2.45, 2.75) is 76.5 Å². The molecule has 1 nitrogen and oxygen atoms in total. The molecule has 1 unspecified atom stereocenters. The van der Waals surface area contributed by atoms with Crippen LogP contribution in [0.2, 0.25) is 22.2 Å². The molecule has 0 N–H and O–H groups in total. The van der Waals surface area contributed by atoms with Gasteiger partial charge in [0.25, 0.3) is 0 Å². The van der Waals surface area contributed by atoms with Crippen molar-refractivity contribution in [2.24, 2.45) is 0 Å². The first kappa shape index (κ1) is 14.2. The van der Waals surface area contributed by atoms with Crippen LogP contribution in [0.25, 0.3) is 0 Å². The van der Waals surface area contributed by atoms with Crippen LogP contribution in [-0.2, 0) is 4.74 Å². The first-order valence-electron chi connectivity index (χ1n) is 6.88. The molecule has 1 fully saturated rings. The van der Waals surface area contributed by atoms with Crippen molar-refractivity contribution in [3.63, 3.8) is 0 Å². The third-order valence-electron chi connectivity index (χ3n) is 4.68. The number of hydrogen-bond donors (Lipinski definition) is 0. The van der Waals surface area contributed by atoms with Gasteiger partial charge in [0, 0.05) is 6.61 Å². The molecule has 1 aliphatic heterocycles. The molecule has 2 heteroatoms. The Kier molecular flexibility index (Phi) is 5.05. The zero-order valence-corrected chi connectivity index (χ0v) is 12.9. The van der Waals surface area contributed by atoms with E-state index in [2.05, 4.69) is 48.1 Å². The summed E-state index contributed by atoms with van der Waals surface area (Å²) in [5.41, 5.74) is 3.29. The van der Waals surface area contributed by atoms with E-state index in [-0.39, 0.29) is 0 Å². The van der Waals surface area contributed by atoms with E-state index < -0.39 is 8.07 Å². The maximum Gasteiger partial charge on any atom is 0.0841 e. The summed E-state index contributed by atoms with van der Waals surface area (Å²) in [6.45, 7) is 17.8. The van der Waals surface area contributed by atoms with Crippen LogP contribution in [0.3, 0.4) is 0 Å². The van der Waals surface area contributed by atoms with Crippen molar-refractivity contribution in [3.05, 3.63) is 6.61 Å². The highest BCUT2D eigenvalue weighted by Gasteiger charge is 2.49.